The third-order valence-corrected chi connectivity index (χ3v) is 2.53. The third-order valence-electron chi connectivity index (χ3n) is 2.53. The van der Waals surface area contributed by atoms with E-state index >= 15 is 0 Å². The maximum Gasteiger partial charge on any atom is 0.337 e. The van der Waals surface area contributed by atoms with E-state index < -0.39 is 23.4 Å². The van der Waals surface area contributed by atoms with Crippen LogP contribution in [0.1, 0.15) is 6.92 Å². The number of nitrogens with one attached hydrogen (secondary N) is 1. The van der Waals surface area contributed by atoms with E-state index in [4.69, 9.17) is 15.6 Å². The number of rotatable bonds is 4. The number of aliphatic carboxylic acids is 1. The Morgan fingerprint density at radius 1 is 1.56 bits per heavy atom. The van der Waals surface area contributed by atoms with Crippen molar-refractivity contribution in [1.82, 2.24) is 5.32 Å². The zero-order chi connectivity index (χ0) is 12.3. The summed E-state index contributed by atoms with van der Waals surface area (Å²) in [6, 6.07) is -0.380. The summed E-state index contributed by atoms with van der Waals surface area (Å²) in [4.78, 5) is 22.1. The highest BCUT2D eigenvalue weighted by molar-refractivity contribution is 5.82. The van der Waals surface area contributed by atoms with Gasteiger partial charge in [0.05, 0.1) is 25.7 Å². The Bertz CT molecular complexity index is 292. The Morgan fingerprint density at radius 3 is 2.62 bits per heavy atom. The van der Waals surface area contributed by atoms with E-state index in [-0.39, 0.29) is 19.2 Å². The average molecular weight is 232 g/mol. The van der Waals surface area contributed by atoms with Gasteiger partial charge in [-0.1, -0.05) is 0 Å². The van der Waals surface area contributed by atoms with Crippen LogP contribution in [0.5, 0.6) is 0 Å². The molecule has 3 atom stereocenters. The largest absolute Gasteiger partial charge is 0.479 e. The summed E-state index contributed by atoms with van der Waals surface area (Å²) in [6.45, 7) is 1.29. The molecule has 1 amide bonds. The lowest BCUT2D eigenvalue weighted by Gasteiger charge is -2.20. The van der Waals surface area contributed by atoms with Crippen molar-refractivity contribution < 1.29 is 24.5 Å². The number of nitrogens with two attached hydrogens (primary N) is 1. The highest BCUT2D eigenvalue weighted by Gasteiger charge is 2.34. The first kappa shape index (κ1) is 12.9. The SMILES string of the molecule is CC(O)(CNC(=O)C1COCC1N)C(=O)O. The van der Waals surface area contributed by atoms with Crippen molar-refractivity contribution in [3.63, 3.8) is 0 Å². The summed E-state index contributed by atoms with van der Waals surface area (Å²) in [6.07, 6.45) is 0. The quantitative estimate of drug-likeness (QED) is 0.441. The fraction of sp³-hybridized carbons (Fsp3) is 0.778. The number of carbonyl (C=O) groups is 2. The van der Waals surface area contributed by atoms with Gasteiger partial charge in [-0.2, -0.15) is 0 Å². The number of carbonyl (C=O) groups excluding carboxylic acids is 1. The number of hydrogen-bond acceptors (Lipinski definition) is 5. The van der Waals surface area contributed by atoms with Crippen LogP contribution in [-0.2, 0) is 14.3 Å². The summed E-state index contributed by atoms with van der Waals surface area (Å²) in [5.41, 5.74) is 3.64. The van der Waals surface area contributed by atoms with Crippen LogP contribution in [0.15, 0.2) is 0 Å². The predicted octanol–water partition coefficient (Wildman–Crippen LogP) is -2.09. The molecule has 0 aromatic carbocycles. The van der Waals surface area contributed by atoms with Crippen LogP contribution in [0.25, 0.3) is 0 Å². The molecule has 1 heterocycles. The number of ether oxygens (including phenoxy) is 1. The van der Waals surface area contributed by atoms with Gasteiger partial charge in [-0.3, -0.25) is 4.79 Å². The van der Waals surface area contributed by atoms with Crippen molar-refractivity contribution in [3.8, 4) is 0 Å². The Kier molecular flexibility index (Phi) is 3.84. The summed E-state index contributed by atoms with van der Waals surface area (Å²) in [5, 5.41) is 20.3. The zero-order valence-electron chi connectivity index (χ0n) is 8.97. The smallest absolute Gasteiger partial charge is 0.337 e. The van der Waals surface area contributed by atoms with Crippen LogP contribution < -0.4 is 11.1 Å². The third kappa shape index (κ3) is 2.91. The zero-order valence-corrected chi connectivity index (χ0v) is 8.97. The summed E-state index contributed by atoms with van der Waals surface area (Å²) < 4.78 is 5.01. The molecule has 1 saturated heterocycles. The summed E-state index contributed by atoms with van der Waals surface area (Å²) >= 11 is 0. The molecule has 16 heavy (non-hydrogen) atoms. The van der Waals surface area contributed by atoms with E-state index in [1.165, 1.54) is 0 Å². The molecular formula is C9H16N2O5. The first-order chi connectivity index (χ1) is 7.34. The van der Waals surface area contributed by atoms with E-state index in [2.05, 4.69) is 5.32 Å². The number of hydrogen-bond donors (Lipinski definition) is 4. The van der Waals surface area contributed by atoms with Gasteiger partial charge in [0.1, 0.15) is 0 Å². The number of carboxylic acids is 1. The van der Waals surface area contributed by atoms with Crippen molar-refractivity contribution in [2.75, 3.05) is 19.8 Å². The second-order valence-electron chi connectivity index (χ2n) is 4.10. The van der Waals surface area contributed by atoms with Gasteiger partial charge in [-0.25, -0.2) is 4.79 Å². The molecule has 1 fully saturated rings. The molecule has 92 valence electrons. The molecule has 1 aliphatic rings. The molecule has 0 saturated carbocycles. The van der Waals surface area contributed by atoms with E-state index in [0.29, 0.717) is 6.61 Å². The van der Waals surface area contributed by atoms with Gasteiger partial charge in [0.2, 0.25) is 5.91 Å². The normalized spacial score (nSPS) is 28.4. The van der Waals surface area contributed by atoms with Gasteiger partial charge in [0.15, 0.2) is 5.60 Å². The van der Waals surface area contributed by atoms with Gasteiger partial charge in [0.25, 0.3) is 0 Å². The summed E-state index contributed by atoms with van der Waals surface area (Å²) in [7, 11) is 0. The Balaban J connectivity index is 2.44. The lowest BCUT2D eigenvalue weighted by Crippen LogP contribution is -2.50. The predicted molar refractivity (Wildman–Crippen MR) is 53.6 cm³/mol. The lowest BCUT2D eigenvalue weighted by atomic mass is 10.0. The second kappa shape index (κ2) is 4.77. The van der Waals surface area contributed by atoms with Crippen molar-refractivity contribution in [2.24, 2.45) is 11.7 Å². The van der Waals surface area contributed by atoms with Gasteiger partial charge < -0.3 is 26.0 Å². The molecule has 0 aliphatic carbocycles. The first-order valence-corrected chi connectivity index (χ1v) is 4.91. The monoisotopic (exact) mass is 232 g/mol. The Hall–Kier alpha value is -1.18. The molecule has 3 unspecified atom stereocenters. The van der Waals surface area contributed by atoms with E-state index in [9.17, 15) is 14.7 Å². The maximum absolute atomic E-state index is 11.5. The minimum atomic E-state index is -1.97. The molecule has 5 N–H and O–H groups in total. The maximum atomic E-state index is 11.5. The minimum Gasteiger partial charge on any atom is -0.479 e. The van der Waals surface area contributed by atoms with Gasteiger partial charge in [-0.15, -0.1) is 0 Å². The van der Waals surface area contributed by atoms with E-state index in [0.717, 1.165) is 6.92 Å². The number of carboxylic acid groups (broad SMARTS) is 1. The molecule has 0 aromatic rings. The molecule has 0 aromatic heterocycles. The van der Waals surface area contributed by atoms with Crippen LogP contribution in [0.2, 0.25) is 0 Å². The molecule has 7 nitrogen and oxygen atoms in total. The lowest BCUT2D eigenvalue weighted by molar-refractivity contribution is -0.156. The number of aliphatic hydroxyl groups is 1. The van der Waals surface area contributed by atoms with Crippen LogP contribution in [0.3, 0.4) is 0 Å². The van der Waals surface area contributed by atoms with Crippen LogP contribution in [0, 0.1) is 5.92 Å². The average Bonchev–Trinajstić information content (AvgIpc) is 2.61. The highest BCUT2D eigenvalue weighted by atomic mass is 16.5. The van der Waals surface area contributed by atoms with Gasteiger partial charge in [0, 0.05) is 6.04 Å². The fourth-order valence-corrected chi connectivity index (χ4v) is 1.31. The first-order valence-electron chi connectivity index (χ1n) is 4.91. The van der Waals surface area contributed by atoms with Gasteiger partial charge in [-0.05, 0) is 6.92 Å². The van der Waals surface area contributed by atoms with Crippen molar-refractivity contribution >= 4 is 11.9 Å². The minimum absolute atomic E-state index is 0.224. The van der Waals surface area contributed by atoms with Crippen molar-refractivity contribution in [3.05, 3.63) is 0 Å². The van der Waals surface area contributed by atoms with Crippen LogP contribution in [0.4, 0.5) is 0 Å². The number of amides is 1. The van der Waals surface area contributed by atoms with Crippen molar-refractivity contribution in [1.29, 1.82) is 0 Å². The molecule has 0 bridgehead atoms. The van der Waals surface area contributed by atoms with Crippen LogP contribution in [-0.4, -0.2) is 53.5 Å². The molecule has 0 spiro atoms. The summed E-state index contributed by atoms with van der Waals surface area (Å²) in [5.74, 6) is -2.27. The van der Waals surface area contributed by atoms with Gasteiger partial charge >= 0.3 is 5.97 Å². The Labute approximate surface area is 92.6 Å². The molecular weight excluding hydrogens is 216 g/mol. The van der Waals surface area contributed by atoms with Crippen molar-refractivity contribution in [2.45, 2.75) is 18.6 Å². The molecule has 1 aliphatic heterocycles. The van der Waals surface area contributed by atoms with Crippen LogP contribution >= 0.6 is 0 Å². The standard InChI is InChI=1S/C9H16N2O5/c1-9(15,8(13)14)4-11-7(12)5-2-16-3-6(5)10/h5-6,15H,2-4,10H2,1H3,(H,11,12)(H,13,14). The molecule has 1 rings (SSSR count). The molecule has 0 radical (unpaired) electrons. The molecule has 7 heteroatoms. The topological polar surface area (TPSA) is 122 Å². The fourth-order valence-electron chi connectivity index (χ4n) is 1.31. The Morgan fingerprint density at radius 2 is 2.19 bits per heavy atom. The highest BCUT2D eigenvalue weighted by Crippen LogP contribution is 2.12. The second-order valence-corrected chi connectivity index (χ2v) is 4.10. The van der Waals surface area contributed by atoms with E-state index in [1.807, 2.05) is 0 Å². The van der Waals surface area contributed by atoms with E-state index in [1.54, 1.807) is 0 Å².